The Kier molecular flexibility index (Phi) is 6.82. The molecule has 0 spiro atoms. The summed E-state index contributed by atoms with van der Waals surface area (Å²) in [5, 5.41) is 11.8. The molecule has 0 bridgehead atoms. The predicted octanol–water partition coefficient (Wildman–Crippen LogP) is 2.56. The summed E-state index contributed by atoms with van der Waals surface area (Å²) < 4.78 is 0. The van der Waals surface area contributed by atoms with Crippen LogP contribution in [0.1, 0.15) is 46.5 Å². The SMILES string of the molecule is CC(C)CN(CC(=O)O)C(=O)NCC1CCCC(C)C1. The number of carbonyl (C=O) groups is 2. The Morgan fingerprint density at radius 2 is 2.05 bits per heavy atom. The van der Waals surface area contributed by atoms with Crippen LogP contribution in [0.15, 0.2) is 0 Å². The fourth-order valence-corrected chi connectivity index (χ4v) is 2.91. The molecule has 1 aliphatic rings. The Morgan fingerprint density at radius 3 is 2.60 bits per heavy atom. The van der Waals surface area contributed by atoms with Gasteiger partial charge in [0.1, 0.15) is 6.54 Å². The van der Waals surface area contributed by atoms with Crippen LogP contribution in [-0.2, 0) is 4.79 Å². The second kappa shape index (κ2) is 8.12. The first-order valence-corrected chi connectivity index (χ1v) is 7.63. The Morgan fingerprint density at radius 1 is 1.35 bits per heavy atom. The summed E-state index contributed by atoms with van der Waals surface area (Å²) in [4.78, 5) is 24.3. The average molecular weight is 284 g/mol. The van der Waals surface area contributed by atoms with Crippen LogP contribution in [0.5, 0.6) is 0 Å². The molecular formula is C15H28N2O3. The van der Waals surface area contributed by atoms with Crippen molar-refractivity contribution in [3.05, 3.63) is 0 Å². The van der Waals surface area contributed by atoms with Gasteiger partial charge in [0.25, 0.3) is 0 Å². The van der Waals surface area contributed by atoms with Gasteiger partial charge in [-0.2, -0.15) is 0 Å². The fourth-order valence-electron chi connectivity index (χ4n) is 2.91. The third-order valence-corrected chi connectivity index (χ3v) is 3.79. The number of amides is 2. The Labute approximate surface area is 121 Å². The summed E-state index contributed by atoms with van der Waals surface area (Å²) in [6.07, 6.45) is 4.83. The molecule has 0 heterocycles. The number of urea groups is 1. The highest BCUT2D eigenvalue weighted by Crippen LogP contribution is 2.27. The molecule has 0 saturated heterocycles. The van der Waals surface area contributed by atoms with Gasteiger partial charge in [0.05, 0.1) is 0 Å². The second-order valence-corrected chi connectivity index (χ2v) is 6.49. The highest BCUT2D eigenvalue weighted by Gasteiger charge is 2.22. The van der Waals surface area contributed by atoms with Crippen molar-refractivity contribution in [1.82, 2.24) is 10.2 Å². The second-order valence-electron chi connectivity index (χ2n) is 6.49. The highest BCUT2D eigenvalue weighted by molar-refractivity contribution is 5.80. The molecule has 0 aromatic rings. The van der Waals surface area contributed by atoms with E-state index in [1.165, 1.54) is 17.7 Å². The van der Waals surface area contributed by atoms with Crippen molar-refractivity contribution in [1.29, 1.82) is 0 Å². The summed E-state index contributed by atoms with van der Waals surface area (Å²) in [5.74, 6) is 0.562. The number of rotatable bonds is 6. The Bertz CT molecular complexity index is 331. The normalized spacial score (nSPS) is 22.6. The smallest absolute Gasteiger partial charge is 0.323 e. The van der Waals surface area contributed by atoms with E-state index in [1.54, 1.807) is 0 Å². The van der Waals surface area contributed by atoms with Gasteiger partial charge < -0.3 is 15.3 Å². The first-order valence-electron chi connectivity index (χ1n) is 7.63. The third-order valence-electron chi connectivity index (χ3n) is 3.79. The van der Waals surface area contributed by atoms with Gasteiger partial charge in [0.15, 0.2) is 0 Å². The molecule has 5 heteroatoms. The third kappa shape index (κ3) is 6.26. The molecule has 5 nitrogen and oxygen atoms in total. The van der Waals surface area contributed by atoms with Crippen LogP contribution in [0.2, 0.25) is 0 Å². The maximum Gasteiger partial charge on any atom is 0.323 e. The van der Waals surface area contributed by atoms with Gasteiger partial charge in [-0.15, -0.1) is 0 Å². The first-order chi connectivity index (χ1) is 9.38. The van der Waals surface area contributed by atoms with Crippen molar-refractivity contribution in [2.75, 3.05) is 19.6 Å². The van der Waals surface area contributed by atoms with Gasteiger partial charge in [0, 0.05) is 13.1 Å². The molecule has 2 unspecified atom stereocenters. The lowest BCUT2D eigenvalue weighted by molar-refractivity contribution is -0.137. The largest absolute Gasteiger partial charge is 0.480 e. The van der Waals surface area contributed by atoms with Crippen LogP contribution in [0.25, 0.3) is 0 Å². The van der Waals surface area contributed by atoms with Gasteiger partial charge in [-0.3, -0.25) is 4.79 Å². The molecule has 20 heavy (non-hydrogen) atoms. The van der Waals surface area contributed by atoms with Crippen LogP contribution < -0.4 is 5.32 Å². The molecule has 116 valence electrons. The van der Waals surface area contributed by atoms with Crippen molar-refractivity contribution in [2.45, 2.75) is 46.5 Å². The maximum atomic E-state index is 12.1. The minimum Gasteiger partial charge on any atom is -0.480 e. The van der Waals surface area contributed by atoms with Crippen LogP contribution >= 0.6 is 0 Å². The number of hydrogen-bond acceptors (Lipinski definition) is 2. The average Bonchev–Trinajstić information content (AvgIpc) is 2.34. The molecule has 0 aliphatic heterocycles. The Balaban J connectivity index is 2.42. The van der Waals surface area contributed by atoms with Gasteiger partial charge in [-0.25, -0.2) is 4.79 Å². The summed E-state index contributed by atoms with van der Waals surface area (Å²) in [6.45, 7) is 7.11. The predicted molar refractivity (Wildman–Crippen MR) is 78.6 cm³/mol. The molecule has 1 rings (SSSR count). The number of nitrogens with one attached hydrogen (secondary N) is 1. The van der Waals surface area contributed by atoms with E-state index in [4.69, 9.17) is 5.11 Å². The van der Waals surface area contributed by atoms with Crippen LogP contribution in [0.4, 0.5) is 4.79 Å². The quantitative estimate of drug-likeness (QED) is 0.787. The van der Waals surface area contributed by atoms with Gasteiger partial charge in [-0.05, 0) is 30.6 Å². The molecule has 0 aromatic heterocycles. The van der Waals surface area contributed by atoms with E-state index < -0.39 is 5.97 Å². The lowest BCUT2D eigenvalue weighted by Crippen LogP contribution is -2.46. The van der Waals surface area contributed by atoms with E-state index in [0.717, 1.165) is 18.8 Å². The van der Waals surface area contributed by atoms with Gasteiger partial charge >= 0.3 is 12.0 Å². The van der Waals surface area contributed by atoms with Crippen LogP contribution in [0, 0.1) is 17.8 Å². The minimum atomic E-state index is -0.966. The summed E-state index contributed by atoms with van der Waals surface area (Å²) in [6, 6.07) is -0.251. The van der Waals surface area contributed by atoms with E-state index >= 15 is 0 Å². The zero-order chi connectivity index (χ0) is 15.1. The van der Waals surface area contributed by atoms with Crippen molar-refractivity contribution >= 4 is 12.0 Å². The number of carboxylic acids is 1. The number of carboxylic acid groups (broad SMARTS) is 1. The van der Waals surface area contributed by atoms with Crippen LogP contribution in [-0.4, -0.2) is 41.6 Å². The van der Waals surface area contributed by atoms with Gasteiger partial charge in [-0.1, -0.05) is 33.6 Å². The van der Waals surface area contributed by atoms with E-state index in [-0.39, 0.29) is 18.5 Å². The van der Waals surface area contributed by atoms with Crippen LogP contribution in [0.3, 0.4) is 0 Å². The minimum absolute atomic E-state index is 0.231. The lowest BCUT2D eigenvalue weighted by Gasteiger charge is -2.28. The summed E-state index contributed by atoms with van der Waals surface area (Å²) in [5.41, 5.74) is 0. The van der Waals surface area contributed by atoms with E-state index in [9.17, 15) is 9.59 Å². The highest BCUT2D eigenvalue weighted by atomic mass is 16.4. The molecule has 2 atom stereocenters. The zero-order valence-corrected chi connectivity index (χ0v) is 12.9. The van der Waals surface area contributed by atoms with E-state index in [2.05, 4.69) is 12.2 Å². The number of carbonyl (C=O) groups excluding carboxylic acids is 1. The zero-order valence-electron chi connectivity index (χ0n) is 12.9. The molecular weight excluding hydrogens is 256 g/mol. The molecule has 0 aromatic carbocycles. The monoisotopic (exact) mass is 284 g/mol. The number of aliphatic carboxylic acids is 1. The Hall–Kier alpha value is -1.26. The van der Waals surface area contributed by atoms with Crippen molar-refractivity contribution < 1.29 is 14.7 Å². The van der Waals surface area contributed by atoms with Gasteiger partial charge in [0.2, 0.25) is 0 Å². The molecule has 0 radical (unpaired) electrons. The summed E-state index contributed by atoms with van der Waals surface area (Å²) >= 11 is 0. The maximum absolute atomic E-state index is 12.1. The number of hydrogen-bond donors (Lipinski definition) is 2. The fraction of sp³-hybridized carbons (Fsp3) is 0.867. The lowest BCUT2D eigenvalue weighted by atomic mass is 9.82. The molecule has 2 amide bonds. The standard InChI is InChI=1S/C15H28N2O3/c1-11(2)9-17(10-14(18)19)15(20)16-8-13-6-4-5-12(3)7-13/h11-13H,4-10H2,1-3H3,(H,16,20)(H,18,19). The van der Waals surface area contributed by atoms with E-state index in [0.29, 0.717) is 19.0 Å². The molecule has 1 saturated carbocycles. The molecule has 1 aliphatic carbocycles. The first kappa shape index (κ1) is 16.8. The molecule has 1 fully saturated rings. The van der Waals surface area contributed by atoms with Crippen molar-refractivity contribution in [2.24, 2.45) is 17.8 Å². The van der Waals surface area contributed by atoms with Crippen molar-refractivity contribution in [3.63, 3.8) is 0 Å². The summed E-state index contributed by atoms with van der Waals surface area (Å²) in [7, 11) is 0. The molecule has 2 N–H and O–H groups in total. The topological polar surface area (TPSA) is 69.6 Å². The number of nitrogens with zero attached hydrogens (tertiary/aromatic N) is 1. The van der Waals surface area contributed by atoms with E-state index in [1.807, 2.05) is 13.8 Å². The van der Waals surface area contributed by atoms with Crippen molar-refractivity contribution in [3.8, 4) is 0 Å².